The fourth-order valence-electron chi connectivity index (χ4n) is 3.87. The molecule has 0 saturated carbocycles. The number of allylic oxidation sites excluding steroid dienone is 1. The van der Waals surface area contributed by atoms with Crippen molar-refractivity contribution in [3.8, 4) is 11.5 Å². The van der Waals surface area contributed by atoms with Gasteiger partial charge in [-0.15, -0.1) is 0 Å². The smallest absolute Gasteiger partial charge is 0.185 e. The van der Waals surface area contributed by atoms with Crippen molar-refractivity contribution in [2.24, 2.45) is 0 Å². The Labute approximate surface area is 205 Å². The molecule has 1 aromatic heterocycles. The Morgan fingerprint density at radius 1 is 1.03 bits per heavy atom. The predicted molar refractivity (Wildman–Crippen MR) is 136 cm³/mol. The first-order chi connectivity index (χ1) is 16.9. The summed E-state index contributed by atoms with van der Waals surface area (Å²) < 4.78 is 39.0. The van der Waals surface area contributed by atoms with Crippen molar-refractivity contribution in [2.75, 3.05) is 13.7 Å². The fourth-order valence-corrected chi connectivity index (χ4v) is 5.17. The van der Waals surface area contributed by atoms with Gasteiger partial charge in [-0.1, -0.05) is 48.6 Å². The third-order valence-corrected chi connectivity index (χ3v) is 7.16. The molecule has 0 radical (unpaired) electrons. The van der Waals surface area contributed by atoms with Crippen molar-refractivity contribution in [1.29, 1.82) is 0 Å². The maximum atomic E-state index is 13.0. The van der Waals surface area contributed by atoms with Crippen LogP contribution in [0.1, 0.15) is 18.3 Å². The van der Waals surface area contributed by atoms with Gasteiger partial charge in [0, 0.05) is 0 Å². The summed E-state index contributed by atoms with van der Waals surface area (Å²) in [5.74, 6) is 1.17. The number of para-hydroxylation sites is 2. The molecule has 1 heterocycles. The van der Waals surface area contributed by atoms with E-state index in [1.54, 1.807) is 48.1 Å². The molecule has 0 saturated heterocycles. The van der Waals surface area contributed by atoms with Crippen LogP contribution < -0.4 is 9.47 Å². The number of imidazole rings is 1. The molecule has 1 atom stereocenters. The molecule has 35 heavy (non-hydrogen) atoms. The van der Waals surface area contributed by atoms with Crippen molar-refractivity contribution >= 4 is 26.9 Å². The Balaban J connectivity index is 1.55. The second-order valence-electron chi connectivity index (χ2n) is 8.07. The minimum Gasteiger partial charge on any atom is -0.493 e. The maximum Gasteiger partial charge on any atom is 0.185 e. The lowest BCUT2D eigenvalue weighted by atomic mass is 10.2. The Hall–Kier alpha value is -3.62. The van der Waals surface area contributed by atoms with Gasteiger partial charge in [0.15, 0.2) is 21.3 Å². The number of hydrogen-bond acceptors (Lipinski definition) is 6. The Morgan fingerprint density at radius 2 is 1.77 bits per heavy atom. The van der Waals surface area contributed by atoms with Gasteiger partial charge in [-0.2, -0.15) is 0 Å². The van der Waals surface area contributed by atoms with Crippen LogP contribution in [-0.2, 0) is 22.1 Å². The van der Waals surface area contributed by atoms with Gasteiger partial charge in [-0.25, -0.2) is 13.4 Å². The van der Waals surface area contributed by atoms with E-state index in [0.29, 0.717) is 22.8 Å². The zero-order valence-electron chi connectivity index (χ0n) is 19.7. The standard InChI is InChI=1S/C27H28N2O5S/c1-3-9-20-14-15-25(26(16-20)33-2)34-18-21(30)17-29-24-13-8-7-12-23(24)28-27(29)19-35(31,32)22-10-5-4-6-11-22/h3-16,21,30H,17-19H2,1-2H3/b9-3+. The molecular formula is C27H28N2O5S. The van der Waals surface area contributed by atoms with E-state index >= 15 is 0 Å². The number of ether oxygens (including phenoxy) is 2. The van der Waals surface area contributed by atoms with Crippen LogP contribution in [0.2, 0.25) is 0 Å². The molecule has 1 N–H and O–H groups in total. The molecule has 0 aliphatic carbocycles. The van der Waals surface area contributed by atoms with E-state index in [9.17, 15) is 13.5 Å². The summed E-state index contributed by atoms with van der Waals surface area (Å²) in [4.78, 5) is 4.79. The summed E-state index contributed by atoms with van der Waals surface area (Å²) in [6, 6.07) is 21.2. The van der Waals surface area contributed by atoms with Crippen molar-refractivity contribution < 1.29 is 23.0 Å². The second-order valence-corrected chi connectivity index (χ2v) is 10.1. The highest BCUT2D eigenvalue weighted by atomic mass is 32.2. The van der Waals surface area contributed by atoms with Crippen LogP contribution in [0, 0.1) is 0 Å². The highest BCUT2D eigenvalue weighted by Crippen LogP contribution is 2.29. The van der Waals surface area contributed by atoms with E-state index in [4.69, 9.17) is 9.47 Å². The first-order valence-electron chi connectivity index (χ1n) is 11.2. The SMILES string of the molecule is C/C=C/c1ccc(OCC(O)Cn2c(CS(=O)(=O)c3ccccc3)nc3ccccc32)c(OC)c1. The predicted octanol–water partition coefficient (Wildman–Crippen LogP) is 4.49. The fraction of sp³-hybridized carbons (Fsp3) is 0.222. The zero-order valence-corrected chi connectivity index (χ0v) is 20.5. The Bertz CT molecular complexity index is 1430. The van der Waals surface area contributed by atoms with E-state index < -0.39 is 15.9 Å². The zero-order chi connectivity index (χ0) is 24.8. The van der Waals surface area contributed by atoms with Crippen molar-refractivity contribution in [3.63, 3.8) is 0 Å². The van der Waals surface area contributed by atoms with Gasteiger partial charge in [0.2, 0.25) is 0 Å². The molecule has 0 bridgehead atoms. The van der Waals surface area contributed by atoms with Crippen molar-refractivity contribution in [2.45, 2.75) is 30.2 Å². The van der Waals surface area contributed by atoms with Gasteiger partial charge in [0.1, 0.15) is 24.3 Å². The average molecular weight is 493 g/mol. The van der Waals surface area contributed by atoms with E-state index in [1.807, 2.05) is 55.5 Å². The van der Waals surface area contributed by atoms with Gasteiger partial charge in [-0.05, 0) is 48.9 Å². The van der Waals surface area contributed by atoms with Crippen LogP contribution in [0.5, 0.6) is 11.5 Å². The minimum absolute atomic E-state index is 0.00327. The number of sulfone groups is 1. The summed E-state index contributed by atoms with van der Waals surface area (Å²) in [5, 5.41) is 10.8. The molecule has 0 fully saturated rings. The molecular weight excluding hydrogens is 464 g/mol. The summed E-state index contributed by atoms with van der Waals surface area (Å²) >= 11 is 0. The molecule has 7 nitrogen and oxygen atoms in total. The number of fused-ring (bicyclic) bond motifs is 1. The van der Waals surface area contributed by atoms with E-state index in [2.05, 4.69) is 4.98 Å². The van der Waals surface area contributed by atoms with Crippen LogP contribution in [0.25, 0.3) is 17.1 Å². The molecule has 1 unspecified atom stereocenters. The highest BCUT2D eigenvalue weighted by Gasteiger charge is 2.22. The topological polar surface area (TPSA) is 90.7 Å². The Morgan fingerprint density at radius 3 is 2.51 bits per heavy atom. The van der Waals surface area contributed by atoms with Crippen LogP contribution in [0.3, 0.4) is 0 Å². The quantitative estimate of drug-likeness (QED) is 0.351. The summed E-state index contributed by atoms with van der Waals surface area (Å²) in [6.07, 6.45) is 2.98. The lowest BCUT2D eigenvalue weighted by Crippen LogP contribution is -2.25. The Kier molecular flexibility index (Phi) is 7.53. The number of rotatable bonds is 10. The first kappa shape index (κ1) is 24.5. The third-order valence-electron chi connectivity index (χ3n) is 5.53. The summed E-state index contributed by atoms with van der Waals surface area (Å²) in [7, 11) is -2.05. The molecule has 182 valence electrons. The molecule has 3 aromatic carbocycles. The number of benzene rings is 3. The van der Waals surface area contributed by atoms with Gasteiger partial charge in [-0.3, -0.25) is 0 Å². The van der Waals surface area contributed by atoms with Gasteiger partial charge >= 0.3 is 0 Å². The van der Waals surface area contributed by atoms with Crippen LogP contribution in [0.4, 0.5) is 0 Å². The van der Waals surface area contributed by atoms with Crippen molar-refractivity contribution in [1.82, 2.24) is 9.55 Å². The molecule has 8 heteroatoms. The summed E-state index contributed by atoms with van der Waals surface area (Å²) in [5.41, 5.74) is 2.39. The normalized spacial score (nSPS) is 12.8. The number of nitrogens with zero attached hydrogens (tertiary/aromatic N) is 2. The van der Waals surface area contributed by atoms with Gasteiger partial charge in [0.05, 0.1) is 29.6 Å². The molecule has 0 amide bonds. The van der Waals surface area contributed by atoms with Gasteiger partial charge < -0.3 is 19.1 Å². The molecule has 0 aliphatic heterocycles. The molecule has 4 aromatic rings. The molecule has 0 aliphatic rings. The number of aliphatic hydroxyl groups is 1. The second kappa shape index (κ2) is 10.8. The largest absolute Gasteiger partial charge is 0.493 e. The average Bonchev–Trinajstić information content (AvgIpc) is 3.19. The van der Waals surface area contributed by atoms with Crippen molar-refractivity contribution in [3.05, 3.63) is 90.3 Å². The highest BCUT2D eigenvalue weighted by molar-refractivity contribution is 7.90. The van der Waals surface area contributed by atoms with Gasteiger partial charge in [0.25, 0.3) is 0 Å². The lowest BCUT2D eigenvalue weighted by Gasteiger charge is -2.17. The maximum absolute atomic E-state index is 13.0. The lowest BCUT2D eigenvalue weighted by molar-refractivity contribution is 0.0913. The monoisotopic (exact) mass is 492 g/mol. The van der Waals surface area contributed by atoms with Crippen LogP contribution >= 0.6 is 0 Å². The van der Waals surface area contributed by atoms with E-state index in [0.717, 1.165) is 11.1 Å². The van der Waals surface area contributed by atoms with Crippen LogP contribution in [-0.4, -0.2) is 42.9 Å². The number of methoxy groups -OCH3 is 1. The molecule has 0 spiro atoms. The van der Waals surface area contributed by atoms with Crippen LogP contribution in [0.15, 0.2) is 83.8 Å². The number of aromatic nitrogens is 2. The van der Waals surface area contributed by atoms with E-state index in [-0.39, 0.29) is 23.8 Å². The number of aliphatic hydroxyl groups excluding tert-OH is 1. The summed E-state index contributed by atoms with van der Waals surface area (Å²) in [6.45, 7) is 2.06. The minimum atomic E-state index is -3.61. The number of hydrogen-bond donors (Lipinski definition) is 1. The first-order valence-corrected chi connectivity index (χ1v) is 12.9. The molecule has 4 rings (SSSR count). The van der Waals surface area contributed by atoms with E-state index in [1.165, 1.54) is 0 Å². The third kappa shape index (κ3) is 5.72.